The predicted octanol–water partition coefficient (Wildman–Crippen LogP) is 5.37. The van der Waals surface area contributed by atoms with E-state index < -0.39 is 6.10 Å². The number of hydrogen-bond donors (Lipinski definition) is 1. The van der Waals surface area contributed by atoms with Crippen LogP contribution in [0.3, 0.4) is 0 Å². The second-order valence-corrected chi connectivity index (χ2v) is 11.8. The molecular weight excluding hydrogens is 680 g/mol. The molecule has 0 fully saturated rings. The van der Waals surface area contributed by atoms with Crippen LogP contribution in [0.25, 0.3) is 28.2 Å². The Morgan fingerprint density at radius 3 is 2.65 bits per heavy atom. The maximum absolute atomic E-state index is 10.0. The topological polar surface area (TPSA) is 132 Å². The summed E-state index contributed by atoms with van der Waals surface area (Å²) < 4.78 is 17.4. The van der Waals surface area contributed by atoms with E-state index in [1.54, 1.807) is 28.6 Å². The van der Waals surface area contributed by atoms with Crippen molar-refractivity contribution in [2.75, 3.05) is 19.7 Å². The van der Waals surface area contributed by atoms with E-state index in [0.717, 1.165) is 45.7 Å². The lowest BCUT2D eigenvalue weighted by Gasteiger charge is -2.26. The highest BCUT2D eigenvalue weighted by Crippen LogP contribution is 2.35. The largest absolute Gasteiger partial charge is 0.473 e. The third-order valence-electron chi connectivity index (χ3n) is 6.66. The van der Waals surface area contributed by atoms with E-state index in [1.807, 2.05) is 51.5 Å². The highest BCUT2D eigenvalue weighted by molar-refractivity contribution is 14.2. The number of rotatable bonds is 14. The molecule has 0 radical (unpaired) electrons. The third kappa shape index (κ3) is 8.12. The maximum atomic E-state index is 10.0. The quantitative estimate of drug-likeness (QED) is 0.135. The molecule has 3 unspecified atom stereocenters. The van der Waals surface area contributed by atoms with Crippen LogP contribution < -0.4 is 9.47 Å². The molecule has 4 heterocycles. The van der Waals surface area contributed by atoms with Crippen LogP contribution in [0.1, 0.15) is 51.6 Å². The monoisotopic (exact) mass is 721 g/mol. The van der Waals surface area contributed by atoms with E-state index in [4.69, 9.17) is 19.7 Å². The Bertz CT molecular complexity index is 1560. The number of nitriles is 1. The average Bonchev–Trinajstić information content (AvgIpc) is 3.64. The molecule has 4 aromatic rings. The van der Waals surface area contributed by atoms with Gasteiger partial charge in [-0.1, -0.05) is 27.4 Å². The molecule has 0 bridgehead atoms. The molecule has 3 atom stereocenters. The number of fused-ring (bicyclic) bond motifs is 1. The van der Waals surface area contributed by atoms with Crippen LogP contribution in [0.2, 0.25) is 0 Å². The minimum Gasteiger partial charge on any atom is -0.473 e. The van der Waals surface area contributed by atoms with Crippen molar-refractivity contribution in [3.8, 4) is 29.0 Å². The van der Waals surface area contributed by atoms with Gasteiger partial charge in [-0.15, -0.1) is 5.10 Å². The lowest BCUT2D eigenvalue weighted by Crippen LogP contribution is -2.35. The molecule has 0 spiro atoms. The number of nitrogens with zero attached hydrogens (tertiary/aromatic N) is 9. The summed E-state index contributed by atoms with van der Waals surface area (Å²) in [6.07, 6.45) is 5.05. The van der Waals surface area contributed by atoms with Crippen molar-refractivity contribution in [3.63, 3.8) is 0 Å². The summed E-state index contributed by atoms with van der Waals surface area (Å²) >= 11 is 2.29. The summed E-state index contributed by atoms with van der Waals surface area (Å²) in [5, 5.41) is 33.5. The second-order valence-electron chi connectivity index (χ2n) is 9.78. The summed E-state index contributed by atoms with van der Waals surface area (Å²) in [6.45, 7) is 17.9. The number of likely N-dealkylation sites (N-methyl/N-ethyl adjacent to an activating group) is 1. The Morgan fingerprint density at radius 1 is 1.28 bits per heavy atom. The summed E-state index contributed by atoms with van der Waals surface area (Å²) in [5.41, 5.74) is 5.14. The smallest absolute Gasteiger partial charge is 0.237 e. The summed E-state index contributed by atoms with van der Waals surface area (Å²) in [5.74, 6) is 1.07. The van der Waals surface area contributed by atoms with Gasteiger partial charge in [-0.25, -0.2) is 14.1 Å². The lowest BCUT2D eigenvalue weighted by molar-refractivity contribution is 0.131. The number of halogens is 1. The van der Waals surface area contributed by atoms with Gasteiger partial charge in [-0.3, -0.25) is 9.58 Å². The van der Waals surface area contributed by atoms with E-state index in [9.17, 15) is 5.11 Å². The van der Waals surface area contributed by atoms with Crippen molar-refractivity contribution >= 4 is 45.5 Å². The van der Waals surface area contributed by atoms with Crippen molar-refractivity contribution < 1.29 is 14.6 Å². The third-order valence-corrected chi connectivity index (χ3v) is 8.50. The zero-order chi connectivity index (χ0) is 31.7. The molecule has 0 aliphatic rings. The minimum atomic E-state index is -0.579. The average molecular weight is 722 g/mol. The molecule has 0 amide bonds. The number of aliphatic hydroxyl groups is 1. The number of aromatic nitrogens is 7. The first-order valence-corrected chi connectivity index (χ1v) is 18.3. The van der Waals surface area contributed by atoms with Gasteiger partial charge < -0.3 is 14.6 Å². The number of ether oxygens (including phenoxy) is 2. The molecule has 4 rings (SSSR count). The first-order valence-electron chi connectivity index (χ1n) is 14.2. The van der Waals surface area contributed by atoms with Gasteiger partial charge in [0.15, 0.2) is 12.3 Å². The van der Waals surface area contributed by atoms with Gasteiger partial charge in [0.05, 0.1) is 42.2 Å². The molecule has 43 heavy (non-hydrogen) atoms. The normalized spacial score (nSPS) is 12.8. The van der Waals surface area contributed by atoms with E-state index in [2.05, 4.69) is 61.8 Å². The van der Waals surface area contributed by atoms with E-state index >= 15 is 0 Å². The minimum absolute atomic E-state index is 0.0836. The Hall–Kier alpha value is -3.05. The first-order chi connectivity index (χ1) is 20.7. The molecule has 0 aliphatic carbocycles. The van der Waals surface area contributed by atoms with Crippen LogP contribution in [-0.2, 0) is 20.1 Å². The van der Waals surface area contributed by atoms with Crippen LogP contribution in [0, 0.1) is 18.3 Å². The van der Waals surface area contributed by atoms with Crippen LogP contribution in [0.5, 0.6) is 11.8 Å². The lowest BCUT2D eigenvalue weighted by atomic mass is 10.1. The Kier molecular flexibility index (Phi) is 12.9. The molecule has 12 nitrogen and oxygen atoms in total. The number of aliphatic hydroxyl groups excluding tert-OH is 1. The molecule has 14 heteroatoms. The van der Waals surface area contributed by atoms with Gasteiger partial charge in [-0.2, -0.15) is 15.5 Å². The highest BCUT2D eigenvalue weighted by Gasteiger charge is 2.22. The van der Waals surface area contributed by atoms with Crippen LogP contribution in [-0.4, -0.2) is 76.0 Å². The fourth-order valence-electron chi connectivity index (χ4n) is 4.65. The predicted molar refractivity (Wildman–Crippen MR) is 180 cm³/mol. The Morgan fingerprint density at radius 2 is 2.02 bits per heavy atom. The summed E-state index contributed by atoms with van der Waals surface area (Å²) in [6, 6.07) is 4.04. The van der Waals surface area contributed by atoms with Gasteiger partial charge in [0.25, 0.3) is 0 Å². The fraction of sp³-hybridized carbons (Fsp3) is 0.483. The molecule has 232 valence electrons. The van der Waals surface area contributed by atoms with Crippen LogP contribution in [0.4, 0.5) is 0 Å². The molecule has 0 saturated heterocycles. The van der Waals surface area contributed by atoms with Gasteiger partial charge in [0.1, 0.15) is 12.2 Å². The van der Waals surface area contributed by atoms with Gasteiger partial charge in [0.2, 0.25) is 11.8 Å². The highest BCUT2D eigenvalue weighted by atomic mass is 127. The van der Waals surface area contributed by atoms with Crippen molar-refractivity contribution in [1.82, 2.24) is 39.0 Å². The fourth-order valence-corrected chi connectivity index (χ4v) is 6.07. The molecular formula is C29H41IN9O3P. The molecule has 4 aromatic heterocycles. The van der Waals surface area contributed by atoms with Crippen molar-refractivity contribution in [1.29, 1.82) is 5.26 Å². The van der Waals surface area contributed by atoms with Crippen LogP contribution >= 0.6 is 28.4 Å². The Labute approximate surface area is 268 Å². The van der Waals surface area contributed by atoms with Gasteiger partial charge in [-0.05, 0) is 61.5 Å². The Balaban J connectivity index is 0.00000248. The van der Waals surface area contributed by atoms with Crippen molar-refractivity contribution in [3.05, 3.63) is 42.0 Å². The van der Waals surface area contributed by atoms with Crippen molar-refractivity contribution in [2.24, 2.45) is 7.05 Å². The van der Waals surface area contributed by atoms with Crippen molar-refractivity contribution in [2.45, 2.75) is 66.8 Å². The first kappa shape index (κ1) is 34.4. The maximum Gasteiger partial charge on any atom is 0.237 e. The van der Waals surface area contributed by atoms with E-state index in [-0.39, 0.29) is 12.7 Å². The standard InChI is InChI=1S/C27H35IN9O3P.C2H6/c1-7-23-21-11-20(12-30-25(21)37(32-23)41-28)22-13-31-34(6)27(22)40-18(4)15-35(8-2)16-24-19(5)26(39-10-9-29)33-36(24)14-17(3)38;1-2/h7,11-13,17-18,38,41H,1,8,10,14-16H2,2-6H3;1-2H3. The molecule has 0 aromatic carbocycles. The SMILES string of the molecule is C=Cc1nn(PI)c2ncc(-c3cnn(C)c3OC(C)CN(CC)Cc3c(C)c(OCC#N)nn3CC(C)O)cc12.CC. The summed E-state index contributed by atoms with van der Waals surface area (Å²) in [7, 11) is 1.86. The molecule has 1 N–H and O–H groups in total. The number of pyridine rings is 1. The van der Waals surface area contributed by atoms with Gasteiger partial charge in [0, 0.05) is 42.8 Å². The summed E-state index contributed by atoms with van der Waals surface area (Å²) in [4.78, 5) is 6.94. The van der Waals surface area contributed by atoms with E-state index in [0.29, 0.717) is 37.8 Å². The zero-order valence-electron chi connectivity index (χ0n) is 25.9. The number of hydrogen-bond acceptors (Lipinski definition) is 9. The molecule has 0 saturated carbocycles. The number of aryl methyl sites for hydroxylation is 1. The van der Waals surface area contributed by atoms with Gasteiger partial charge >= 0.3 is 0 Å². The zero-order valence-corrected chi connectivity index (χ0v) is 29.0. The van der Waals surface area contributed by atoms with Crippen LogP contribution in [0.15, 0.2) is 25.0 Å². The van der Waals surface area contributed by atoms with E-state index in [1.165, 1.54) is 0 Å². The second kappa shape index (κ2) is 16.1. The molecule has 0 aliphatic heterocycles.